The number of nitrogens with one attached hydrogen (secondary N) is 1. The fraction of sp³-hybridized carbons (Fsp3) is 0.529. The Bertz CT molecular complexity index is 639. The van der Waals surface area contributed by atoms with Gasteiger partial charge in [-0.1, -0.05) is 28.1 Å². The van der Waals surface area contributed by atoms with Gasteiger partial charge >= 0.3 is 6.03 Å². The van der Waals surface area contributed by atoms with Gasteiger partial charge in [-0.25, -0.2) is 4.79 Å². The van der Waals surface area contributed by atoms with E-state index in [0.717, 1.165) is 30.2 Å². The first-order valence-corrected chi connectivity index (χ1v) is 8.86. The van der Waals surface area contributed by atoms with Crippen LogP contribution >= 0.6 is 15.9 Å². The fourth-order valence-electron chi connectivity index (χ4n) is 3.48. The van der Waals surface area contributed by atoms with E-state index in [1.807, 2.05) is 4.90 Å². The highest BCUT2D eigenvalue weighted by molar-refractivity contribution is 9.10. The molecule has 3 rings (SSSR count). The van der Waals surface area contributed by atoms with Crippen molar-refractivity contribution in [2.24, 2.45) is 11.7 Å². The molecule has 3 N–H and O–H groups in total. The summed E-state index contributed by atoms with van der Waals surface area (Å²) in [4.78, 5) is 25.5. The largest absolute Gasteiger partial charge is 0.369 e. The van der Waals surface area contributed by atoms with Crippen LogP contribution in [0.1, 0.15) is 42.4 Å². The molecular formula is C17H22BrN3O2. The molecule has 124 valence electrons. The summed E-state index contributed by atoms with van der Waals surface area (Å²) in [5.41, 5.74) is 8.95. The Morgan fingerprint density at radius 2 is 1.91 bits per heavy atom. The SMILES string of the molecule is Cc1ccc2c(c1Br)CN(C(=O)NC1CCC(C(N)=O)CC1)C2. The predicted octanol–water partition coefficient (Wildman–Crippen LogP) is 2.83. The van der Waals surface area contributed by atoms with Crippen LogP contribution in [0.2, 0.25) is 0 Å². The number of primary amides is 1. The molecular weight excluding hydrogens is 358 g/mol. The molecule has 1 aliphatic heterocycles. The van der Waals surface area contributed by atoms with Gasteiger partial charge in [0.25, 0.3) is 0 Å². The van der Waals surface area contributed by atoms with Gasteiger partial charge in [0, 0.05) is 29.5 Å². The number of halogens is 1. The Balaban J connectivity index is 1.57. The standard InChI is InChI=1S/C17H22BrN3O2/c1-10-2-3-12-8-21(9-14(12)15(10)18)17(23)20-13-6-4-11(5-7-13)16(19)22/h2-3,11,13H,4-9H2,1H3,(H2,19,22)(H,20,23). The second kappa shape index (κ2) is 6.51. The topological polar surface area (TPSA) is 75.4 Å². The maximum atomic E-state index is 12.5. The molecule has 1 fully saturated rings. The van der Waals surface area contributed by atoms with Crippen LogP contribution in [0.5, 0.6) is 0 Å². The molecule has 1 saturated carbocycles. The van der Waals surface area contributed by atoms with E-state index in [1.165, 1.54) is 16.7 Å². The molecule has 0 bridgehead atoms. The highest BCUT2D eigenvalue weighted by Gasteiger charge is 2.29. The molecule has 0 spiro atoms. The van der Waals surface area contributed by atoms with E-state index in [1.54, 1.807) is 0 Å². The number of nitrogens with two attached hydrogens (primary N) is 1. The van der Waals surface area contributed by atoms with Gasteiger partial charge in [-0.2, -0.15) is 0 Å². The number of hydrogen-bond donors (Lipinski definition) is 2. The van der Waals surface area contributed by atoms with Gasteiger partial charge in [-0.15, -0.1) is 0 Å². The van der Waals surface area contributed by atoms with Crippen molar-refractivity contribution >= 4 is 27.9 Å². The minimum Gasteiger partial charge on any atom is -0.369 e. The number of aryl methyl sites for hydroxylation is 1. The first-order valence-electron chi connectivity index (χ1n) is 8.07. The van der Waals surface area contributed by atoms with Crippen molar-refractivity contribution in [2.45, 2.75) is 51.7 Å². The number of nitrogens with zero attached hydrogens (tertiary/aromatic N) is 1. The molecule has 1 heterocycles. The third kappa shape index (κ3) is 3.37. The highest BCUT2D eigenvalue weighted by atomic mass is 79.9. The predicted molar refractivity (Wildman–Crippen MR) is 91.6 cm³/mol. The fourth-order valence-corrected chi connectivity index (χ4v) is 3.99. The van der Waals surface area contributed by atoms with E-state index < -0.39 is 0 Å². The van der Waals surface area contributed by atoms with Crippen LogP contribution in [0.3, 0.4) is 0 Å². The van der Waals surface area contributed by atoms with Gasteiger partial charge in [0.05, 0.1) is 0 Å². The molecule has 0 unspecified atom stereocenters. The summed E-state index contributed by atoms with van der Waals surface area (Å²) in [6.07, 6.45) is 3.18. The zero-order valence-corrected chi connectivity index (χ0v) is 14.9. The number of hydrogen-bond acceptors (Lipinski definition) is 2. The van der Waals surface area contributed by atoms with Crippen LogP contribution in [0.25, 0.3) is 0 Å². The van der Waals surface area contributed by atoms with Crippen molar-refractivity contribution in [1.82, 2.24) is 10.2 Å². The number of amides is 3. The van der Waals surface area contributed by atoms with Gasteiger partial charge in [0.15, 0.2) is 0 Å². The van der Waals surface area contributed by atoms with Crippen LogP contribution < -0.4 is 11.1 Å². The molecule has 1 aliphatic carbocycles. The lowest BCUT2D eigenvalue weighted by Gasteiger charge is -2.29. The number of fused-ring (bicyclic) bond motifs is 1. The first kappa shape index (κ1) is 16.3. The van der Waals surface area contributed by atoms with Crippen molar-refractivity contribution in [2.75, 3.05) is 0 Å². The molecule has 1 aromatic rings. The number of carbonyl (C=O) groups is 2. The van der Waals surface area contributed by atoms with Crippen LogP contribution in [0, 0.1) is 12.8 Å². The monoisotopic (exact) mass is 379 g/mol. The van der Waals surface area contributed by atoms with Gasteiger partial charge in [-0.05, 0) is 49.3 Å². The maximum absolute atomic E-state index is 12.5. The van der Waals surface area contributed by atoms with Crippen molar-refractivity contribution in [3.05, 3.63) is 33.3 Å². The summed E-state index contributed by atoms with van der Waals surface area (Å²) < 4.78 is 1.10. The van der Waals surface area contributed by atoms with E-state index in [2.05, 4.69) is 40.3 Å². The Morgan fingerprint density at radius 3 is 2.57 bits per heavy atom. The zero-order valence-electron chi connectivity index (χ0n) is 13.3. The van der Waals surface area contributed by atoms with Crippen molar-refractivity contribution in [3.63, 3.8) is 0 Å². The normalized spacial score (nSPS) is 23.5. The lowest BCUT2D eigenvalue weighted by atomic mass is 9.86. The molecule has 3 amide bonds. The molecule has 2 aliphatic rings. The van der Waals surface area contributed by atoms with E-state index in [9.17, 15) is 9.59 Å². The molecule has 0 aromatic heterocycles. The van der Waals surface area contributed by atoms with Gasteiger partial charge < -0.3 is 16.0 Å². The Labute approximate surface area is 144 Å². The average Bonchev–Trinajstić information content (AvgIpc) is 2.96. The summed E-state index contributed by atoms with van der Waals surface area (Å²) >= 11 is 3.62. The summed E-state index contributed by atoms with van der Waals surface area (Å²) in [5, 5.41) is 3.11. The molecule has 0 saturated heterocycles. The number of rotatable bonds is 2. The lowest BCUT2D eigenvalue weighted by molar-refractivity contribution is -0.122. The summed E-state index contributed by atoms with van der Waals surface area (Å²) in [5.74, 6) is -0.247. The van der Waals surface area contributed by atoms with Gasteiger partial charge in [0.2, 0.25) is 5.91 Å². The summed E-state index contributed by atoms with van der Waals surface area (Å²) in [7, 11) is 0. The van der Waals surface area contributed by atoms with Crippen LogP contribution in [-0.2, 0) is 17.9 Å². The average molecular weight is 380 g/mol. The quantitative estimate of drug-likeness (QED) is 0.828. The highest BCUT2D eigenvalue weighted by Crippen LogP contribution is 2.32. The van der Waals surface area contributed by atoms with E-state index in [4.69, 9.17) is 5.73 Å². The first-order chi connectivity index (χ1) is 11.0. The third-order valence-corrected chi connectivity index (χ3v) is 6.09. The summed E-state index contributed by atoms with van der Waals surface area (Å²) in [6, 6.07) is 4.30. The maximum Gasteiger partial charge on any atom is 0.318 e. The Kier molecular flexibility index (Phi) is 4.62. The van der Waals surface area contributed by atoms with Gasteiger partial charge in [-0.3, -0.25) is 4.79 Å². The number of benzene rings is 1. The molecule has 0 radical (unpaired) electrons. The number of urea groups is 1. The van der Waals surface area contributed by atoms with Crippen LogP contribution in [0.4, 0.5) is 4.79 Å². The smallest absolute Gasteiger partial charge is 0.318 e. The molecule has 1 aromatic carbocycles. The van der Waals surface area contributed by atoms with E-state index in [-0.39, 0.29) is 23.9 Å². The third-order valence-electron chi connectivity index (χ3n) is 4.99. The number of carbonyl (C=O) groups excluding carboxylic acids is 2. The zero-order chi connectivity index (χ0) is 16.6. The molecule has 0 atom stereocenters. The van der Waals surface area contributed by atoms with E-state index in [0.29, 0.717) is 13.1 Å². The van der Waals surface area contributed by atoms with Crippen molar-refractivity contribution in [1.29, 1.82) is 0 Å². The van der Waals surface area contributed by atoms with Crippen molar-refractivity contribution < 1.29 is 9.59 Å². The lowest BCUT2D eigenvalue weighted by Crippen LogP contribution is -2.44. The molecule has 5 nitrogen and oxygen atoms in total. The minimum atomic E-state index is -0.218. The van der Waals surface area contributed by atoms with Gasteiger partial charge in [0.1, 0.15) is 0 Å². The second-order valence-electron chi connectivity index (χ2n) is 6.59. The molecule has 23 heavy (non-hydrogen) atoms. The minimum absolute atomic E-state index is 0.0201. The van der Waals surface area contributed by atoms with Crippen LogP contribution in [-0.4, -0.2) is 22.9 Å². The Morgan fingerprint density at radius 1 is 1.22 bits per heavy atom. The molecule has 6 heteroatoms. The summed E-state index contributed by atoms with van der Waals surface area (Å²) in [6.45, 7) is 3.35. The Hall–Kier alpha value is -1.56. The van der Waals surface area contributed by atoms with Crippen LogP contribution in [0.15, 0.2) is 16.6 Å². The van der Waals surface area contributed by atoms with Crippen molar-refractivity contribution in [3.8, 4) is 0 Å². The van der Waals surface area contributed by atoms with E-state index >= 15 is 0 Å². The second-order valence-corrected chi connectivity index (χ2v) is 7.38.